The van der Waals surface area contributed by atoms with Gasteiger partial charge in [-0.25, -0.2) is 4.79 Å². The van der Waals surface area contributed by atoms with E-state index in [0.717, 1.165) is 6.42 Å². The van der Waals surface area contributed by atoms with Crippen LogP contribution in [0.25, 0.3) is 0 Å². The van der Waals surface area contributed by atoms with E-state index in [2.05, 4.69) is 10.1 Å². The number of rotatable bonds is 6. The molecule has 0 fully saturated rings. The van der Waals surface area contributed by atoms with Crippen molar-refractivity contribution in [3.63, 3.8) is 0 Å². The molecule has 0 spiro atoms. The largest absolute Gasteiger partial charge is 0.483 e. The lowest BCUT2D eigenvalue weighted by molar-refractivity contribution is -0.124. The average Bonchev–Trinajstić information content (AvgIpc) is 2.44. The highest BCUT2D eigenvalue weighted by molar-refractivity contribution is 5.93. The molecule has 116 valence electrons. The minimum Gasteiger partial charge on any atom is -0.483 e. The zero-order valence-corrected chi connectivity index (χ0v) is 12.9. The molecule has 21 heavy (non-hydrogen) atoms. The van der Waals surface area contributed by atoms with Gasteiger partial charge in [0.1, 0.15) is 11.3 Å². The quantitative estimate of drug-likeness (QED) is 0.616. The summed E-state index contributed by atoms with van der Waals surface area (Å²) in [5, 5.41) is 2.84. The first-order chi connectivity index (χ1) is 9.79. The molecule has 0 bridgehead atoms. The summed E-state index contributed by atoms with van der Waals surface area (Å²) in [5.74, 6) is -0.578. The predicted octanol–water partition coefficient (Wildman–Crippen LogP) is 1.74. The third-order valence-electron chi connectivity index (χ3n) is 3.13. The van der Waals surface area contributed by atoms with Gasteiger partial charge in [-0.1, -0.05) is 6.92 Å². The van der Waals surface area contributed by atoms with Crippen LogP contribution in [0.4, 0.5) is 5.69 Å². The monoisotopic (exact) mass is 294 g/mol. The minimum atomic E-state index is -0.542. The third-order valence-corrected chi connectivity index (χ3v) is 3.13. The summed E-state index contributed by atoms with van der Waals surface area (Å²) >= 11 is 0. The van der Waals surface area contributed by atoms with Crippen molar-refractivity contribution in [1.29, 1.82) is 0 Å². The molecule has 0 saturated heterocycles. The molecular formula is C15H22N2O4. The van der Waals surface area contributed by atoms with E-state index in [-0.39, 0.29) is 29.4 Å². The van der Waals surface area contributed by atoms with E-state index < -0.39 is 5.97 Å². The number of nitrogens with two attached hydrogens (primary N) is 1. The third kappa shape index (κ3) is 4.98. The Kier molecular flexibility index (Phi) is 5.58. The zero-order chi connectivity index (χ0) is 16.0. The Bertz CT molecular complexity index is 526. The summed E-state index contributed by atoms with van der Waals surface area (Å²) in [7, 11) is 1.28. The van der Waals surface area contributed by atoms with Gasteiger partial charge in [0.15, 0.2) is 6.61 Å². The van der Waals surface area contributed by atoms with E-state index >= 15 is 0 Å². The zero-order valence-electron chi connectivity index (χ0n) is 12.9. The van der Waals surface area contributed by atoms with Gasteiger partial charge in [-0.3, -0.25) is 4.79 Å². The molecule has 1 aromatic carbocycles. The molecular weight excluding hydrogens is 272 g/mol. The van der Waals surface area contributed by atoms with Crippen LogP contribution in [0.5, 0.6) is 5.75 Å². The lowest BCUT2D eigenvalue weighted by atomic mass is 10.0. The van der Waals surface area contributed by atoms with Crippen molar-refractivity contribution in [2.24, 2.45) is 0 Å². The van der Waals surface area contributed by atoms with Crippen molar-refractivity contribution >= 4 is 17.6 Å². The molecule has 0 aromatic heterocycles. The molecule has 3 N–H and O–H groups in total. The maximum Gasteiger partial charge on any atom is 0.341 e. The molecule has 0 aliphatic rings. The van der Waals surface area contributed by atoms with Crippen molar-refractivity contribution in [3.8, 4) is 5.75 Å². The van der Waals surface area contributed by atoms with E-state index in [4.69, 9.17) is 10.5 Å². The fourth-order valence-corrected chi connectivity index (χ4v) is 1.58. The second-order valence-corrected chi connectivity index (χ2v) is 5.32. The Morgan fingerprint density at radius 1 is 1.33 bits per heavy atom. The van der Waals surface area contributed by atoms with Gasteiger partial charge in [0.2, 0.25) is 0 Å². The molecule has 0 heterocycles. The normalized spacial score (nSPS) is 10.9. The topological polar surface area (TPSA) is 90.6 Å². The Hall–Kier alpha value is -2.24. The summed E-state index contributed by atoms with van der Waals surface area (Å²) in [6.07, 6.45) is 0.796. The Morgan fingerprint density at radius 2 is 2.00 bits per heavy atom. The molecule has 6 heteroatoms. The number of benzene rings is 1. The first-order valence-corrected chi connectivity index (χ1v) is 6.70. The lowest BCUT2D eigenvalue weighted by Gasteiger charge is -2.24. The smallest absolute Gasteiger partial charge is 0.341 e. The Morgan fingerprint density at radius 3 is 2.57 bits per heavy atom. The van der Waals surface area contributed by atoms with Crippen LogP contribution in [-0.2, 0) is 9.53 Å². The fraction of sp³-hybridized carbons (Fsp3) is 0.467. The van der Waals surface area contributed by atoms with Gasteiger partial charge in [-0.05, 0) is 32.4 Å². The lowest BCUT2D eigenvalue weighted by Crippen LogP contribution is -2.45. The maximum absolute atomic E-state index is 11.8. The van der Waals surface area contributed by atoms with Crippen molar-refractivity contribution in [3.05, 3.63) is 23.8 Å². The molecule has 0 saturated carbocycles. The van der Waals surface area contributed by atoms with Crippen LogP contribution in [-0.4, -0.2) is 31.1 Å². The Labute approximate surface area is 124 Å². The molecule has 1 aromatic rings. The molecule has 0 atom stereocenters. The molecule has 1 rings (SSSR count). The van der Waals surface area contributed by atoms with Crippen LogP contribution in [0.2, 0.25) is 0 Å². The van der Waals surface area contributed by atoms with Gasteiger partial charge in [0.25, 0.3) is 5.91 Å². The van der Waals surface area contributed by atoms with E-state index in [1.807, 2.05) is 20.8 Å². The first kappa shape index (κ1) is 16.8. The number of ether oxygens (including phenoxy) is 2. The summed E-state index contributed by atoms with van der Waals surface area (Å²) in [6.45, 7) is 5.63. The fourth-order valence-electron chi connectivity index (χ4n) is 1.58. The first-order valence-electron chi connectivity index (χ1n) is 6.70. The van der Waals surface area contributed by atoms with E-state index in [0.29, 0.717) is 5.69 Å². The Balaban J connectivity index is 2.77. The molecule has 0 aliphatic heterocycles. The van der Waals surface area contributed by atoms with Gasteiger partial charge >= 0.3 is 5.97 Å². The second-order valence-electron chi connectivity index (χ2n) is 5.32. The van der Waals surface area contributed by atoms with Crippen molar-refractivity contribution in [2.45, 2.75) is 32.7 Å². The molecule has 0 unspecified atom stereocenters. The van der Waals surface area contributed by atoms with Crippen molar-refractivity contribution in [1.82, 2.24) is 5.32 Å². The number of hydrogen-bond acceptors (Lipinski definition) is 5. The van der Waals surface area contributed by atoms with Crippen LogP contribution in [0.15, 0.2) is 18.2 Å². The van der Waals surface area contributed by atoms with Crippen LogP contribution >= 0.6 is 0 Å². The standard InChI is InChI=1S/C15H22N2O4/c1-5-15(2,3)17-13(18)9-21-12-8-10(16)6-7-11(12)14(19)20-4/h6-8H,5,9,16H2,1-4H3,(H,17,18). The molecule has 6 nitrogen and oxygen atoms in total. The van der Waals surface area contributed by atoms with E-state index in [1.54, 1.807) is 6.07 Å². The summed E-state index contributed by atoms with van der Waals surface area (Å²) in [6, 6.07) is 4.56. The predicted molar refractivity (Wildman–Crippen MR) is 80.2 cm³/mol. The summed E-state index contributed by atoms with van der Waals surface area (Å²) in [4.78, 5) is 23.5. The van der Waals surface area contributed by atoms with Gasteiger partial charge in [0.05, 0.1) is 7.11 Å². The van der Waals surface area contributed by atoms with Crippen LogP contribution in [0.1, 0.15) is 37.6 Å². The molecule has 1 amide bonds. The number of amides is 1. The number of nitrogens with one attached hydrogen (secondary N) is 1. The number of carbonyl (C=O) groups is 2. The van der Waals surface area contributed by atoms with Gasteiger partial charge in [-0.2, -0.15) is 0 Å². The molecule has 0 radical (unpaired) electrons. The highest BCUT2D eigenvalue weighted by Gasteiger charge is 2.19. The number of anilines is 1. The van der Waals surface area contributed by atoms with Crippen LogP contribution in [0, 0.1) is 0 Å². The number of carbonyl (C=O) groups excluding carboxylic acids is 2. The number of methoxy groups -OCH3 is 1. The number of hydrogen-bond donors (Lipinski definition) is 2. The number of esters is 1. The number of nitrogen functional groups attached to an aromatic ring is 1. The highest BCUT2D eigenvalue weighted by Crippen LogP contribution is 2.22. The SMILES string of the molecule is CCC(C)(C)NC(=O)COc1cc(N)ccc1C(=O)OC. The summed E-state index contributed by atoms with van der Waals surface area (Å²) < 4.78 is 10.1. The van der Waals surface area contributed by atoms with Crippen LogP contribution < -0.4 is 15.8 Å². The molecule has 0 aliphatic carbocycles. The highest BCUT2D eigenvalue weighted by atomic mass is 16.5. The second kappa shape index (κ2) is 6.97. The van der Waals surface area contributed by atoms with Gasteiger partial charge in [-0.15, -0.1) is 0 Å². The van der Waals surface area contributed by atoms with E-state index in [1.165, 1.54) is 19.2 Å². The van der Waals surface area contributed by atoms with E-state index in [9.17, 15) is 9.59 Å². The average molecular weight is 294 g/mol. The van der Waals surface area contributed by atoms with Crippen molar-refractivity contribution in [2.75, 3.05) is 19.5 Å². The van der Waals surface area contributed by atoms with Crippen LogP contribution in [0.3, 0.4) is 0 Å². The summed E-state index contributed by atoms with van der Waals surface area (Å²) in [5.41, 5.74) is 6.03. The van der Waals surface area contributed by atoms with Crippen molar-refractivity contribution < 1.29 is 19.1 Å². The minimum absolute atomic E-state index is 0.198. The van der Waals surface area contributed by atoms with Gasteiger partial charge in [0, 0.05) is 17.3 Å². The van der Waals surface area contributed by atoms with Gasteiger partial charge < -0.3 is 20.5 Å². The maximum atomic E-state index is 11.8.